The van der Waals surface area contributed by atoms with Crippen LogP contribution in [0, 0.1) is 13.8 Å². The van der Waals surface area contributed by atoms with Crippen LogP contribution in [-0.4, -0.2) is 16.6 Å². The Morgan fingerprint density at radius 1 is 1.31 bits per heavy atom. The Labute approximate surface area is 96.1 Å². The number of hydrogen-bond acceptors (Lipinski definition) is 2. The Morgan fingerprint density at radius 3 is 2.75 bits per heavy atom. The van der Waals surface area contributed by atoms with Crippen molar-refractivity contribution in [3.8, 4) is 5.69 Å². The molecule has 0 atom stereocenters. The molecule has 0 fully saturated rings. The van der Waals surface area contributed by atoms with E-state index in [2.05, 4.69) is 40.0 Å². The van der Waals surface area contributed by atoms with Crippen molar-refractivity contribution < 1.29 is 0 Å². The van der Waals surface area contributed by atoms with Crippen molar-refractivity contribution in [1.82, 2.24) is 14.9 Å². The highest BCUT2D eigenvalue weighted by Crippen LogP contribution is 2.17. The summed E-state index contributed by atoms with van der Waals surface area (Å²) in [4.78, 5) is 4.26. The molecule has 1 heterocycles. The minimum absolute atomic E-state index is 0.870. The summed E-state index contributed by atoms with van der Waals surface area (Å²) in [5, 5.41) is 3.20. The minimum Gasteiger partial charge on any atom is -0.316 e. The number of rotatable bonds is 3. The van der Waals surface area contributed by atoms with E-state index in [1.165, 1.54) is 16.8 Å². The van der Waals surface area contributed by atoms with Gasteiger partial charge in [0.1, 0.15) is 5.82 Å². The first-order valence-corrected chi connectivity index (χ1v) is 5.47. The minimum atomic E-state index is 0.870. The topological polar surface area (TPSA) is 29.9 Å². The van der Waals surface area contributed by atoms with E-state index in [0.717, 1.165) is 12.4 Å². The molecule has 1 aromatic carbocycles. The fourth-order valence-corrected chi connectivity index (χ4v) is 1.91. The smallest absolute Gasteiger partial charge is 0.110 e. The van der Waals surface area contributed by atoms with E-state index in [1.807, 2.05) is 26.4 Å². The lowest BCUT2D eigenvalue weighted by Gasteiger charge is -2.12. The molecule has 84 valence electrons. The van der Waals surface area contributed by atoms with E-state index in [0.29, 0.717) is 0 Å². The maximum absolute atomic E-state index is 4.26. The van der Waals surface area contributed by atoms with Crippen molar-refractivity contribution in [2.75, 3.05) is 7.05 Å². The number of nitrogens with zero attached hydrogens (tertiary/aromatic N) is 2. The zero-order chi connectivity index (χ0) is 11.5. The van der Waals surface area contributed by atoms with Gasteiger partial charge in [-0.2, -0.15) is 0 Å². The van der Waals surface area contributed by atoms with Gasteiger partial charge in [0.15, 0.2) is 0 Å². The SMILES string of the molecule is CNCc1cc(C)ccc1-n1ccnc1C. The maximum Gasteiger partial charge on any atom is 0.110 e. The molecule has 2 aromatic rings. The fraction of sp³-hybridized carbons (Fsp3) is 0.308. The van der Waals surface area contributed by atoms with Gasteiger partial charge in [-0.1, -0.05) is 17.7 Å². The molecule has 0 saturated heterocycles. The average Bonchev–Trinajstić information content (AvgIpc) is 2.65. The number of hydrogen-bond donors (Lipinski definition) is 1. The molecule has 16 heavy (non-hydrogen) atoms. The summed E-state index contributed by atoms with van der Waals surface area (Å²) in [6.07, 6.45) is 3.83. The zero-order valence-corrected chi connectivity index (χ0v) is 9.99. The quantitative estimate of drug-likeness (QED) is 0.850. The highest BCUT2D eigenvalue weighted by molar-refractivity contribution is 5.44. The van der Waals surface area contributed by atoms with Gasteiger partial charge < -0.3 is 9.88 Å². The van der Waals surface area contributed by atoms with E-state index >= 15 is 0 Å². The molecule has 0 aliphatic rings. The van der Waals surface area contributed by atoms with Gasteiger partial charge in [0, 0.05) is 18.9 Å². The number of benzene rings is 1. The molecule has 0 amide bonds. The third kappa shape index (κ3) is 1.99. The first-order valence-electron chi connectivity index (χ1n) is 5.47. The van der Waals surface area contributed by atoms with Gasteiger partial charge in [0.25, 0.3) is 0 Å². The van der Waals surface area contributed by atoms with Crippen LogP contribution in [-0.2, 0) is 6.54 Å². The molecule has 3 nitrogen and oxygen atoms in total. The first kappa shape index (κ1) is 10.9. The molecule has 0 bridgehead atoms. The molecule has 1 aromatic heterocycles. The highest BCUT2D eigenvalue weighted by atomic mass is 15.1. The van der Waals surface area contributed by atoms with Crippen molar-refractivity contribution in [3.05, 3.63) is 47.5 Å². The summed E-state index contributed by atoms with van der Waals surface area (Å²) in [6, 6.07) is 6.50. The molecule has 1 N–H and O–H groups in total. The number of aromatic nitrogens is 2. The van der Waals surface area contributed by atoms with Gasteiger partial charge in [0.2, 0.25) is 0 Å². The summed E-state index contributed by atoms with van der Waals surface area (Å²) in [6.45, 7) is 5.00. The average molecular weight is 215 g/mol. The van der Waals surface area contributed by atoms with Crippen LogP contribution in [0.5, 0.6) is 0 Å². The summed E-state index contributed by atoms with van der Waals surface area (Å²) in [5.41, 5.74) is 3.78. The van der Waals surface area contributed by atoms with E-state index in [1.54, 1.807) is 0 Å². The van der Waals surface area contributed by atoms with E-state index < -0.39 is 0 Å². The molecule has 0 aliphatic heterocycles. The second kappa shape index (κ2) is 4.49. The zero-order valence-electron chi connectivity index (χ0n) is 9.99. The third-order valence-electron chi connectivity index (χ3n) is 2.69. The van der Waals surface area contributed by atoms with Crippen molar-refractivity contribution in [1.29, 1.82) is 0 Å². The van der Waals surface area contributed by atoms with Crippen LogP contribution < -0.4 is 5.32 Å². The van der Waals surface area contributed by atoms with Crippen LogP contribution in [0.4, 0.5) is 0 Å². The first-order chi connectivity index (χ1) is 7.72. The molecular weight excluding hydrogens is 198 g/mol. The van der Waals surface area contributed by atoms with Crippen LogP contribution in [0.25, 0.3) is 5.69 Å². The molecule has 3 heteroatoms. The van der Waals surface area contributed by atoms with Gasteiger partial charge in [-0.05, 0) is 32.5 Å². The van der Waals surface area contributed by atoms with Gasteiger partial charge in [0.05, 0.1) is 5.69 Å². The number of imidazole rings is 1. The van der Waals surface area contributed by atoms with Gasteiger partial charge in [-0.25, -0.2) is 4.98 Å². The molecule has 2 rings (SSSR count). The number of nitrogens with one attached hydrogen (secondary N) is 1. The normalized spacial score (nSPS) is 10.7. The van der Waals surface area contributed by atoms with E-state index in [-0.39, 0.29) is 0 Å². The highest BCUT2D eigenvalue weighted by Gasteiger charge is 2.06. The largest absolute Gasteiger partial charge is 0.316 e. The molecular formula is C13H17N3. The fourth-order valence-electron chi connectivity index (χ4n) is 1.91. The molecule has 0 radical (unpaired) electrons. The van der Waals surface area contributed by atoms with E-state index in [9.17, 15) is 0 Å². The van der Waals surface area contributed by atoms with Crippen molar-refractivity contribution in [2.24, 2.45) is 0 Å². The summed E-state index contributed by atoms with van der Waals surface area (Å²) >= 11 is 0. The van der Waals surface area contributed by atoms with Gasteiger partial charge in [-0.15, -0.1) is 0 Å². The second-order valence-corrected chi connectivity index (χ2v) is 4.01. The third-order valence-corrected chi connectivity index (χ3v) is 2.69. The Hall–Kier alpha value is -1.61. The number of aryl methyl sites for hydroxylation is 2. The maximum atomic E-state index is 4.26. The Morgan fingerprint density at radius 2 is 2.12 bits per heavy atom. The van der Waals surface area contributed by atoms with Crippen molar-refractivity contribution in [3.63, 3.8) is 0 Å². The van der Waals surface area contributed by atoms with Crippen LogP contribution in [0.2, 0.25) is 0 Å². The van der Waals surface area contributed by atoms with Crippen LogP contribution in [0.1, 0.15) is 17.0 Å². The molecule has 0 spiro atoms. The summed E-state index contributed by atoms with van der Waals surface area (Å²) < 4.78 is 2.12. The predicted octanol–water partition coefficient (Wildman–Crippen LogP) is 2.21. The predicted molar refractivity (Wildman–Crippen MR) is 65.8 cm³/mol. The Kier molecular flexibility index (Phi) is 3.06. The standard InChI is InChI=1S/C13H17N3/c1-10-4-5-13(12(8-10)9-14-3)16-7-6-15-11(16)2/h4-8,14H,9H2,1-3H3. The van der Waals surface area contributed by atoms with E-state index in [4.69, 9.17) is 0 Å². The van der Waals surface area contributed by atoms with Crippen LogP contribution in [0.3, 0.4) is 0 Å². The molecule has 0 aliphatic carbocycles. The second-order valence-electron chi connectivity index (χ2n) is 4.01. The Bertz CT molecular complexity index is 486. The summed E-state index contributed by atoms with van der Waals surface area (Å²) in [7, 11) is 1.97. The van der Waals surface area contributed by atoms with Crippen LogP contribution >= 0.6 is 0 Å². The lowest BCUT2D eigenvalue weighted by atomic mass is 10.1. The van der Waals surface area contributed by atoms with Crippen molar-refractivity contribution in [2.45, 2.75) is 20.4 Å². The van der Waals surface area contributed by atoms with Crippen LogP contribution in [0.15, 0.2) is 30.6 Å². The molecule has 0 unspecified atom stereocenters. The summed E-state index contributed by atoms with van der Waals surface area (Å²) in [5.74, 6) is 1.02. The molecule has 0 saturated carbocycles. The lowest BCUT2D eigenvalue weighted by Crippen LogP contribution is -2.09. The lowest BCUT2D eigenvalue weighted by molar-refractivity contribution is 0.803. The van der Waals surface area contributed by atoms with Crippen molar-refractivity contribution >= 4 is 0 Å². The van der Waals surface area contributed by atoms with Gasteiger partial charge in [-0.3, -0.25) is 0 Å². The van der Waals surface area contributed by atoms with Gasteiger partial charge >= 0.3 is 0 Å². The monoisotopic (exact) mass is 215 g/mol. The Balaban J connectivity index is 2.51.